The molecular formula is C24H24N4. The Bertz CT molecular complexity index is 975. The number of benzene rings is 3. The van der Waals surface area contributed by atoms with Gasteiger partial charge < -0.3 is 9.97 Å². The topological polar surface area (TPSA) is 79.3 Å². The summed E-state index contributed by atoms with van der Waals surface area (Å²) in [7, 11) is 0. The first-order valence-corrected chi connectivity index (χ1v) is 8.89. The molecule has 0 bridgehead atoms. The van der Waals surface area contributed by atoms with Crippen LogP contribution in [-0.2, 0) is 0 Å². The number of fused-ring (bicyclic) bond motifs is 2. The Balaban J connectivity index is 0.000000142. The Morgan fingerprint density at radius 2 is 0.964 bits per heavy atom. The van der Waals surface area contributed by atoms with Gasteiger partial charge in [-0.2, -0.15) is 0 Å². The Hall–Kier alpha value is -3.88. The van der Waals surface area contributed by atoms with Gasteiger partial charge in [-0.25, -0.2) is 10.8 Å². The van der Waals surface area contributed by atoms with E-state index in [9.17, 15) is 0 Å². The fourth-order valence-corrected chi connectivity index (χ4v) is 2.52. The highest BCUT2D eigenvalue weighted by Gasteiger charge is 1.87. The van der Waals surface area contributed by atoms with Gasteiger partial charge in [-0.05, 0) is 42.0 Å². The van der Waals surface area contributed by atoms with Crippen LogP contribution in [0, 0.1) is 17.7 Å². The number of H-pyrrole nitrogens is 2. The zero-order valence-corrected chi connectivity index (χ0v) is 15.8. The van der Waals surface area contributed by atoms with Crippen molar-refractivity contribution < 1.29 is 0 Å². The van der Waals surface area contributed by atoms with Crippen molar-refractivity contribution in [2.45, 2.75) is 6.92 Å². The molecule has 0 spiro atoms. The third kappa shape index (κ3) is 6.79. The molecule has 0 aliphatic rings. The minimum atomic E-state index is 1.21. The van der Waals surface area contributed by atoms with E-state index in [1.807, 2.05) is 54.9 Å². The molecule has 0 fully saturated rings. The van der Waals surface area contributed by atoms with E-state index in [0.29, 0.717) is 0 Å². The van der Waals surface area contributed by atoms with Crippen LogP contribution in [0.25, 0.3) is 21.8 Å². The number of hydrogen-bond acceptors (Lipinski definition) is 2. The fourth-order valence-electron chi connectivity index (χ4n) is 2.52. The van der Waals surface area contributed by atoms with Gasteiger partial charge in [0.2, 0.25) is 0 Å². The van der Waals surface area contributed by atoms with Crippen LogP contribution in [0.3, 0.4) is 0 Å². The Kier molecular flexibility index (Phi) is 8.52. The number of nitrogens with one attached hydrogen (secondary N) is 4. The van der Waals surface area contributed by atoms with Gasteiger partial charge in [0.25, 0.3) is 0 Å². The molecule has 2 heterocycles. The van der Waals surface area contributed by atoms with E-state index in [1.54, 1.807) is 0 Å². The third-order valence-corrected chi connectivity index (χ3v) is 3.87. The number of hydrogen-bond donors (Lipinski definition) is 4. The van der Waals surface area contributed by atoms with Gasteiger partial charge in [-0.1, -0.05) is 72.3 Å². The van der Waals surface area contributed by atoms with Crippen molar-refractivity contribution in [2.24, 2.45) is 0 Å². The summed E-state index contributed by atoms with van der Waals surface area (Å²) >= 11 is 0. The smallest absolute Gasteiger partial charge is 0.0831 e. The molecule has 4 N–H and O–H groups in total. The molecule has 0 aliphatic heterocycles. The average molecular weight is 368 g/mol. The Morgan fingerprint density at radius 3 is 1.32 bits per heavy atom. The normalized spacial score (nSPS) is 9.04. The van der Waals surface area contributed by atoms with Crippen molar-refractivity contribution in [3.63, 3.8) is 0 Å². The maximum absolute atomic E-state index is 5.62. The van der Waals surface area contributed by atoms with Crippen molar-refractivity contribution in [1.82, 2.24) is 9.97 Å². The van der Waals surface area contributed by atoms with E-state index >= 15 is 0 Å². The first kappa shape index (κ1) is 20.4. The maximum atomic E-state index is 5.62. The van der Waals surface area contributed by atoms with E-state index in [4.69, 9.17) is 10.8 Å². The minimum absolute atomic E-state index is 1.21. The number of aryl methyl sites for hydroxylation is 1. The molecule has 28 heavy (non-hydrogen) atoms. The molecule has 5 rings (SSSR count). The van der Waals surface area contributed by atoms with Crippen LogP contribution in [0.5, 0.6) is 0 Å². The average Bonchev–Trinajstić information content (AvgIpc) is 3.39. The monoisotopic (exact) mass is 368 g/mol. The van der Waals surface area contributed by atoms with Crippen molar-refractivity contribution in [2.75, 3.05) is 0 Å². The third-order valence-electron chi connectivity index (χ3n) is 3.87. The van der Waals surface area contributed by atoms with Crippen molar-refractivity contribution in [1.29, 1.82) is 10.8 Å². The van der Waals surface area contributed by atoms with E-state index in [-0.39, 0.29) is 0 Å². The lowest BCUT2D eigenvalue weighted by Gasteiger charge is -1.83. The molecule has 140 valence electrons. The summed E-state index contributed by atoms with van der Waals surface area (Å²) < 4.78 is 0. The summed E-state index contributed by atoms with van der Waals surface area (Å²) in [5.74, 6) is 0. The summed E-state index contributed by atoms with van der Waals surface area (Å²) in [6.45, 7) is 2.08. The molecule has 4 nitrogen and oxygen atoms in total. The lowest BCUT2D eigenvalue weighted by molar-refractivity contribution is 1.47. The zero-order chi connectivity index (χ0) is 20.0. The van der Waals surface area contributed by atoms with E-state index in [2.05, 4.69) is 65.4 Å². The minimum Gasteiger partial charge on any atom is -0.361 e. The van der Waals surface area contributed by atoms with Crippen LogP contribution in [0.15, 0.2) is 103 Å². The number of rotatable bonds is 0. The molecule has 0 aliphatic carbocycles. The number of para-hydroxylation sites is 2. The quantitative estimate of drug-likeness (QED) is 0.221. The largest absolute Gasteiger partial charge is 0.361 e. The van der Waals surface area contributed by atoms with Gasteiger partial charge in [0, 0.05) is 23.4 Å². The molecule has 4 heteroatoms. The standard InChI is InChI=1S/2C8H7N.C7H8.CH2N2/c2*1-2-4-8-7(3-1)5-6-9-8;1-7-5-3-2-4-6-7;2-1-3/h2*1-6,9H;2-6H,1H3;2-3H. The van der Waals surface area contributed by atoms with Crippen LogP contribution < -0.4 is 0 Å². The molecule has 3 aromatic carbocycles. The fraction of sp³-hybridized carbons (Fsp3) is 0.0417. The molecule has 0 saturated carbocycles. The molecule has 5 aromatic rings. The molecule has 0 atom stereocenters. The molecule has 2 aromatic heterocycles. The summed E-state index contributed by atoms with van der Waals surface area (Å²) in [4.78, 5) is 6.24. The van der Waals surface area contributed by atoms with Crippen LogP contribution in [-0.4, -0.2) is 16.0 Å². The van der Waals surface area contributed by atoms with Gasteiger partial charge >= 0.3 is 0 Å². The molecular weight excluding hydrogens is 344 g/mol. The van der Waals surface area contributed by atoms with Gasteiger partial charge in [-0.15, -0.1) is 0 Å². The Labute approximate surface area is 164 Å². The molecule has 0 unspecified atom stereocenters. The summed E-state index contributed by atoms with van der Waals surface area (Å²) in [5.41, 5.74) is 3.73. The van der Waals surface area contributed by atoms with Crippen molar-refractivity contribution in [3.8, 4) is 0 Å². The summed E-state index contributed by atoms with van der Waals surface area (Å²) in [6, 6.07) is 32.1. The van der Waals surface area contributed by atoms with Gasteiger partial charge in [0.15, 0.2) is 0 Å². The number of aromatic amines is 2. The second kappa shape index (κ2) is 11.7. The van der Waals surface area contributed by atoms with E-state index in [1.165, 1.54) is 33.4 Å². The van der Waals surface area contributed by atoms with Gasteiger partial charge in [0.05, 0.1) is 6.01 Å². The van der Waals surface area contributed by atoms with Crippen molar-refractivity contribution >= 4 is 27.8 Å². The second-order valence-electron chi connectivity index (χ2n) is 5.91. The number of aromatic nitrogens is 2. The Morgan fingerprint density at radius 1 is 0.571 bits per heavy atom. The van der Waals surface area contributed by atoms with Gasteiger partial charge in [-0.3, -0.25) is 0 Å². The predicted octanol–water partition coefficient (Wildman–Crippen LogP) is 6.65. The first-order chi connectivity index (χ1) is 13.7. The van der Waals surface area contributed by atoms with Gasteiger partial charge in [0.1, 0.15) is 0 Å². The maximum Gasteiger partial charge on any atom is 0.0831 e. The summed E-state index contributed by atoms with van der Waals surface area (Å²) in [5, 5.41) is 13.8. The molecule has 0 amide bonds. The first-order valence-electron chi connectivity index (χ1n) is 8.89. The van der Waals surface area contributed by atoms with Crippen LogP contribution in [0.1, 0.15) is 5.56 Å². The van der Waals surface area contributed by atoms with E-state index in [0.717, 1.165) is 0 Å². The second-order valence-corrected chi connectivity index (χ2v) is 5.91. The lowest BCUT2D eigenvalue weighted by Crippen LogP contribution is -1.62. The highest BCUT2D eigenvalue weighted by Crippen LogP contribution is 2.09. The molecule has 0 radical (unpaired) electrons. The highest BCUT2D eigenvalue weighted by molar-refractivity contribution is 5.79. The summed E-state index contributed by atoms with van der Waals surface area (Å²) in [6.07, 6.45) is 3.90. The zero-order valence-electron chi connectivity index (χ0n) is 15.8. The highest BCUT2D eigenvalue weighted by atomic mass is 14.7. The lowest BCUT2D eigenvalue weighted by atomic mass is 10.2. The molecule has 0 saturated heterocycles. The van der Waals surface area contributed by atoms with Crippen LogP contribution in [0.4, 0.5) is 0 Å². The van der Waals surface area contributed by atoms with Crippen molar-refractivity contribution in [3.05, 3.63) is 109 Å². The SMILES string of the molecule is Cc1ccccc1.N=C=N.c1ccc2[nH]ccc2c1.c1ccc2[nH]ccc2c1. The van der Waals surface area contributed by atoms with Crippen LogP contribution >= 0.6 is 0 Å². The van der Waals surface area contributed by atoms with Crippen LogP contribution in [0.2, 0.25) is 0 Å². The van der Waals surface area contributed by atoms with E-state index < -0.39 is 0 Å². The predicted molar refractivity (Wildman–Crippen MR) is 118 cm³/mol.